The molecule has 0 bridgehead atoms. The van der Waals surface area contributed by atoms with Gasteiger partial charge in [0.05, 0.1) is 6.10 Å². The summed E-state index contributed by atoms with van der Waals surface area (Å²) in [7, 11) is 13.3. The highest BCUT2D eigenvalue weighted by molar-refractivity contribution is 5.60. The smallest absolute Gasteiger partial charge is 0.0574 e. The standard InChI is InChI=1S/C22H35N3.2C21H35N3.C19H30N2O.C19H30N2/c1-21(2,3)25-13-7-10-20(25)18-8-5-6-9-19(18)24-16-22(17-24)11-14-23(4)15-12-22;1-21(2,3)24-15-9-13-20(24)18-11-6-7-12-19(18)23-14-8-10-17(23)16-22(4)5;1-21(2,3)24-14-8-11-20(24)18-9-6-7-10-19(18)23-15-12-17(13-16-23)22(4)5;1-19(2,3)21-12-6-9-18(21)16-7-4-5-8-17(16)20-13-10-15(22)11-14-20;1-19(2,3)21-12-7-10-18(21)17-9-6-5-8-16(17)15-11-13-20(4)14-15/h5-6,8-9,20H,7,10-17H2,1-4H3;6-7,11-12,17,20H,8-10,13-16H2,1-5H3;6-7,9-10,17,20H,8,11-16H2,1-5H3;4-5,7-8,15,18,22H,6,9-14H2,1-3H3;5-6,8-9,15,18H,7,10-14H2,1-4H3/t20-;;;;/m1..../s1. The Balaban J connectivity index is 0.000000134. The number of likely N-dealkylation sites (tertiary alicyclic amines) is 7. The minimum absolute atomic E-state index is 0.110. The molecule has 5 aromatic rings. The van der Waals surface area contributed by atoms with Crippen molar-refractivity contribution in [3.63, 3.8) is 0 Å². The van der Waals surface area contributed by atoms with E-state index >= 15 is 0 Å². The second-order valence-corrected chi connectivity index (χ2v) is 43.0. The van der Waals surface area contributed by atoms with Crippen LogP contribution >= 0.6 is 0 Å². The van der Waals surface area contributed by atoms with Gasteiger partial charge in [0.1, 0.15) is 0 Å². The molecule has 11 aliphatic rings. The second-order valence-electron chi connectivity index (χ2n) is 43.0. The van der Waals surface area contributed by atoms with Crippen LogP contribution in [0.2, 0.25) is 0 Å². The zero-order chi connectivity index (χ0) is 83.1. The van der Waals surface area contributed by atoms with Crippen molar-refractivity contribution < 1.29 is 5.11 Å². The molecule has 644 valence electrons. The predicted molar refractivity (Wildman–Crippen MR) is 496 cm³/mol. The Morgan fingerprint density at radius 3 is 1.03 bits per heavy atom. The van der Waals surface area contributed by atoms with E-state index in [1.165, 1.54) is 229 Å². The molecule has 11 saturated heterocycles. The van der Waals surface area contributed by atoms with Crippen molar-refractivity contribution in [2.75, 3.05) is 173 Å². The first-order valence-corrected chi connectivity index (χ1v) is 46.7. The molecule has 6 unspecified atom stereocenters. The molecule has 5 aromatic carbocycles. The molecule has 0 radical (unpaired) electrons. The number of aliphatic hydroxyl groups excluding tert-OH is 1. The first kappa shape index (κ1) is 90.1. The Hall–Kier alpha value is -5.10. The van der Waals surface area contributed by atoms with Crippen molar-refractivity contribution in [2.45, 2.75) is 308 Å². The van der Waals surface area contributed by atoms with Crippen LogP contribution in [0.4, 0.5) is 22.7 Å². The number of benzene rings is 5. The highest BCUT2D eigenvalue weighted by Gasteiger charge is 2.47. The van der Waals surface area contributed by atoms with E-state index in [1.54, 1.807) is 27.8 Å². The average molecular weight is 1590 g/mol. The summed E-state index contributed by atoms with van der Waals surface area (Å²) in [4.78, 5) is 33.7. The van der Waals surface area contributed by atoms with Crippen molar-refractivity contribution in [1.82, 2.24) is 44.1 Å². The largest absolute Gasteiger partial charge is 0.393 e. The molecular weight excluding hydrogens is 1420 g/mol. The lowest BCUT2D eigenvalue weighted by Crippen LogP contribution is -2.60. The van der Waals surface area contributed by atoms with Gasteiger partial charge in [0, 0.05) is 157 Å². The number of para-hydroxylation sites is 4. The Bertz CT molecular complexity index is 3820. The number of hydrogen-bond acceptors (Lipinski definition) is 14. The SMILES string of the molecule is CC(C)(C)N1CCCC1c1ccccc1N1CCC(O)CC1.CN(C)C1CCN(c2ccccc2C2CCCN2C(C)(C)C)CC1.CN(C)CC1CCCN1c1ccccc1C1CCCN1C(C)(C)C.CN1CCC(c2ccccc2C2CCCN2C(C)(C)C)C1.CN1CCC2(CC1)CN(c1ccccc1[C@H]1CCCN1C(C)(C)C)C2. The third kappa shape index (κ3) is 22.2. The Labute approximate surface area is 709 Å². The van der Waals surface area contributed by atoms with Gasteiger partial charge in [-0.15, -0.1) is 0 Å². The summed E-state index contributed by atoms with van der Waals surface area (Å²) < 4.78 is 0. The van der Waals surface area contributed by atoms with Crippen molar-refractivity contribution in [2.24, 2.45) is 5.41 Å². The van der Waals surface area contributed by atoms with Gasteiger partial charge in [-0.3, -0.25) is 24.5 Å². The summed E-state index contributed by atoms with van der Waals surface area (Å²) in [6, 6.07) is 50.0. The summed E-state index contributed by atoms with van der Waals surface area (Å²) in [6.45, 7) is 55.6. The monoisotopic (exact) mass is 1590 g/mol. The predicted octanol–water partition coefficient (Wildman–Crippen LogP) is 20.1. The zero-order valence-corrected chi connectivity index (χ0v) is 77.5. The minimum atomic E-state index is -0.110. The van der Waals surface area contributed by atoms with Gasteiger partial charge in [-0.1, -0.05) is 97.1 Å². The van der Waals surface area contributed by atoms with Gasteiger partial charge in [-0.05, 0) is 384 Å². The first-order valence-electron chi connectivity index (χ1n) is 46.7. The molecule has 14 heteroatoms. The van der Waals surface area contributed by atoms with Crippen molar-refractivity contribution in [3.8, 4) is 0 Å². The summed E-state index contributed by atoms with van der Waals surface area (Å²) in [6.07, 6.45) is 24.0. The molecule has 0 amide bonds. The lowest BCUT2D eigenvalue weighted by molar-refractivity contribution is 0.0894. The third-order valence-electron chi connectivity index (χ3n) is 29.0. The summed E-state index contributed by atoms with van der Waals surface area (Å²) in [5.74, 6) is 0.730. The molecule has 11 aliphatic heterocycles. The van der Waals surface area contributed by atoms with Crippen LogP contribution in [-0.4, -0.2) is 249 Å². The molecular formula is C102H165N13O. The normalized spacial score (nSPS) is 26.2. The molecule has 16 rings (SSSR count). The van der Waals surface area contributed by atoms with Crippen LogP contribution in [0, 0.1) is 5.41 Å². The fourth-order valence-electron chi connectivity index (χ4n) is 22.9. The zero-order valence-electron chi connectivity index (χ0n) is 77.5. The van der Waals surface area contributed by atoms with Crippen LogP contribution in [-0.2, 0) is 0 Å². The molecule has 1 N–H and O–H groups in total. The van der Waals surface area contributed by atoms with E-state index in [2.05, 4.69) is 331 Å². The second kappa shape index (κ2) is 39.0. The number of rotatable bonds is 13. The highest BCUT2D eigenvalue weighted by atomic mass is 16.3. The van der Waals surface area contributed by atoms with Crippen LogP contribution in [0.3, 0.4) is 0 Å². The lowest BCUT2D eigenvalue weighted by atomic mass is 9.71. The van der Waals surface area contributed by atoms with Crippen LogP contribution in [0.1, 0.15) is 295 Å². The highest BCUT2D eigenvalue weighted by Crippen LogP contribution is 2.50. The van der Waals surface area contributed by atoms with Gasteiger partial charge in [0.25, 0.3) is 0 Å². The Morgan fingerprint density at radius 1 is 0.336 bits per heavy atom. The first-order chi connectivity index (χ1) is 55.1. The number of anilines is 4. The lowest BCUT2D eigenvalue weighted by Gasteiger charge is -2.55. The Kier molecular flexibility index (Phi) is 30.3. The van der Waals surface area contributed by atoms with Gasteiger partial charge < -0.3 is 44.3 Å². The van der Waals surface area contributed by atoms with E-state index < -0.39 is 0 Å². The molecule has 14 nitrogen and oxygen atoms in total. The van der Waals surface area contributed by atoms with Crippen molar-refractivity contribution in [3.05, 3.63) is 155 Å². The van der Waals surface area contributed by atoms with Gasteiger partial charge in [0.2, 0.25) is 0 Å². The maximum atomic E-state index is 9.77. The van der Waals surface area contributed by atoms with E-state index in [9.17, 15) is 5.11 Å². The van der Waals surface area contributed by atoms with Gasteiger partial charge in [0.15, 0.2) is 0 Å². The fourth-order valence-corrected chi connectivity index (χ4v) is 22.9. The molecule has 1 spiro atoms. The summed E-state index contributed by atoms with van der Waals surface area (Å²) >= 11 is 0. The van der Waals surface area contributed by atoms with Crippen LogP contribution in [0.5, 0.6) is 0 Å². The van der Waals surface area contributed by atoms with Gasteiger partial charge in [-0.2, -0.15) is 0 Å². The van der Waals surface area contributed by atoms with Crippen LogP contribution < -0.4 is 19.6 Å². The topological polar surface area (TPSA) is 62.4 Å². The number of likely N-dealkylation sites (N-methyl/N-ethyl adjacent to an activating group) is 2. The van der Waals surface area contributed by atoms with Crippen molar-refractivity contribution in [1.29, 1.82) is 0 Å². The Morgan fingerprint density at radius 2 is 0.664 bits per heavy atom. The summed E-state index contributed by atoms with van der Waals surface area (Å²) in [5, 5.41) is 9.77. The van der Waals surface area contributed by atoms with Crippen LogP contribution in [0.15, 0.2) is 121 Å². The summed E-state index contributed by atoms with van der Waals surface area (Å²) in [5.41, 5.74) is 17.0. The van der Waals surface area contributed by atoms with E-state index in [0.29, 0.717) is 41.7 Å². The number of hydrogen-bond donors (Lipinski definition) is 1. The van der Waals surface area contributed by atoms with Crippen molar-refractivity contribution >= 4 is 22.7 Å². The molecule has 11 fully saturated rings. The van der Waals surface area contributed by atoms with Gasteiger partial charge >= 0.3 is 0 Å². The molecule has 7 atom stereocenters. The fraction of sp³-hybridized carbons (Fsp3) is 0.706. The molecule has 0 aliphatic carbocycles. The maximum absolute atomic E-state index is 9.77. The van der Waals surface area contributed by atoms with E-state index in [-0.39, 0.29) is 33.8 Å². The third-order valence-corrected chi connectivity index (χ3v) is 29.0. The molecule has 11 heterocycles. The molecule has 116 heavy (non-hydrogen) atoms. The maximum Gasteiger partial charge on any atom is 0.0574 e. The molecule has 0 saturated carbocycles. The minimum Gasteiger partial charge on any atom is -0.393 e. The molecule has 0 aromatic heterocycles. The van der Waals surface area contributed by atoms with E-state index in [0.717, 1.165) is 44.4 Å². The quantitative estimate of drug-likeness (QED) is 0.122. The van der Waals surface area contributed by atoms with E-state index in [4.69, 9.17) is 0 Å². The van der Waals surface area contributed by atoms with E-state index in [1.807, 2.05) is 0 Å². The van der Waals surface area contributed by atoms with Crippen LogP contribution in [0.25, 0.3) is 0 Å². The average Bonchev–Trinajstić information content (AvgIpc) is 0.877. The number of nitrogens with zero attached hydrogens (tertiary/aromatic N) is 13. The van der Waals surface area contributed by atoms with Gasteiger partial charge in [-0.25, -0.2) is 0 Å². The number of aliphatic hydroxyl groups is 1. The number of piperidine rings is 3.